The normalized spacial score (nSPS) is 20.8. The van der Waals surface area contributed by atoms with Crippen LogP contribution in [0.2, 0.25) is 0 Å². The lowest BCUT2D eigenvalue weighted by molar-refractivity contribution is -0.630. The molecule has 2 rings (SSSR count). The lowest BCUT2D eigenvalue weighted by Crippen LogP contribution is -2.80. The van der Waals surface area contributed by atoms with Crippen molar-refractivity contribution in [3.8, 4) is 0 Å². The number of nitrogens with zero attached hydrogens (tertiary/aromatic N) is 1. The molecule has 1 fully saturated rings. The van der Waals surface area contributed by atoms with Crippen molar-refractivity contribution in [2.75, 3.05) is 26.7 Å². The van der Waals surface area contributed by atoms with Gasteiger partial charge in [0.25, 0.3) is 0 Å². The Morgan fingerprint density at radius 1 is 1.24 bits per heavy atom. The van der Waals surface area contributed by atoms with Crippen LogP contribution in [0.5, 0.6) is 0 Å². The molecule has 1 aromatic rings. The van der Waals surface area contributed by atoms with E-state index in [1.165, 1.54) is 5.56 Å². The van der Waals surface area contributed by atoms with Gasteiger partial charge in [0.05, 0.1) is 19.0 Å². The number of carbonyl (C=O) groups is 3. The molecule has 0 spiro atoms. The van der Waals surface area contributed by atoms with Crippen LogP contribution in [-0.2, 0) is 19.8 Å². The smallest absolute Gasteiger partial charge is 0.351 e. The van der Waals surface area contributed by atoms with Gasteiger partial charge in [-0.05, 0) is 25.8 Å². The summed E-state index contributed by atoms with van der Waals surface area (Å²) in [5, 5.41) is 18.5. The third-order valence-electron chi connectivity index (χ3n) is 4.52. The van der Waals surface area contributed by atoms with E-state index in [0.717, 1.165) is 26.1 Å². The molecule has 0 heterocycles. The maximum Gasteiger partial charge on any atom is 0.351 e. The van der Waals surface area contributed by atoms with Crippen molar-refractivity contribution in [3.05, 3.63) is 35.9 Å². The number of likely N-dealkylation sites (N-methyl/N-ethyl adjacent to an activating group) is 1. The van der Waals surface area contributed by atoms with Crippen LogP contribution >= 0.6 is 0 Å². The molecule has 7 heteroatoms. The molecule has 2 atom stereocenters. The second-order valence-electron chi connectivity index (χ2n) is 5.95. The number of rotatable bonds is 6. The van der Waals surface area contributed by atoms with Gasteiger partial charge in [0.2, 0.25) is 5.91 Å². The van der Waals surface area contributed by atoms with Crippen LogP contribution in [0.4, 0.5) is 0 Å². The first kappa shape index (κ1) is 20.6. The summed E-state index contributed by atoms with van der Waals surface area (Å²) in [6.45, 7) is 6.74. The number of amides is 1. The zero-order chi connectivity index (χ0) is 19.0. The molecular weight excluding hydrogens is 324 g/mol. The SMILES string of the molecule is CCN(CC)C(=O)[C@]1(c2ccccc2)C[C@@H]1C[NH2+]C.O=C([O-])C(=O)O. The average molecular weight is 350 g/mol. The predicted octanol–water partition coefficient (Wildman–Crippen LogP) is -1.17. The molecule has 0 bridgehead atoms. The van der Waals surface area contributed by atoms with Crippen molar-refractivity contribution in [3.63, 3.8) is 0 Å². The first-order valence-corrected chi connectivity index (χ1v) is 8.42. The molecule has 3 N–H and O–H groups in total. The van der Waals surface area contributed by atoms with Gasteiger partial charge in [-0.25, -0.2) is 4.79 Å². The van der Waals surface area contributed by atoms with Crippen molar-refractivity contribution >= 4 is 17.8 Å². The zero-order valence-corrected chi connectivity index (χ0v) is 14.9. The molecule has 0 aliphatic heterocycles. The summed E-state index contributed by atoms with van der Waals surface area (Å²) in [5.74, 6) is -3.21. The minimum atomic E-state index is -2.07. The minimum Gasteiger partial charge on any atom is -0.539 e. The number of carboxylic acids is 2. The standard InChI is InChI=1S/C16H24N2O.C2H2O4/c1-4-18(5-2)15(19)16(11-14(16)12-17-3)13-9-7-6-8-10-13;3-1(4)2(5)6/h6-10,14,17H,4-5,11-12H2,1-3H3;(H,3,4)(H,5,6)/t14-,16+;/m1./s1. The molecule has 1 amide bonds. The number of carbonyl (C=O) groups excluding carboxylic acids is 2. The molecule has 0 radical (unpaired) electrons. The number of benzene rings is 1. The van der Waals surface area contributed by atoms with Crippen molar-refractivity contribution < 1.29 is 29.9 Å². The second-order valence-corrected chi connectivity index (χ2v) is 5.95. The molecule has 1 saturated carbocycles. The molecule has 138 valence electrons. The minimum absolute atomic E-state index is 0.250. The largest absolute Gasteiger partial charge is 0.539 e. The summed E-state index contributed by atoms with van der Waals surface area (Å²) in [4.78, 5) is 32.9. The fourth-order valence-corrected chi connectivity index (χ4v) is 3.17. The summed E-state index contributed by atoms with van der Waals surface area (Å²) in [6, 6.07) is 10.3. The fraction of sp³-hybridized carbons (Fsp3) is 0.500. The number of aliphatic carboxylic acids is 2. The summed E-state index contributed by atoms with van der Waals surface area (Å²) in [5.41, 5.74) is 0.943. The number of carboxylic acid groups (broad SMARTS) is 2. The Morgan fingerprint density at radius 2 is 1.76 bits per heavy atom. The predicted molar refractivity (Wildman–Crippen MR) is 89.5 cm³/mol. The van der Waals surface area contributed by atoms with Gasteiger partial charge in [-0.3, -0.25) is 4.79 Å². The van der Waals surface area contributed by atoms with Gasteiger partial charge in [-0.2, -0.15) is 0 Å². The lowest BCUT2D eigenvalue weighted by Gasteiger charge is -2.26. The van der Waals surface area contributed by atoms with E-state index < -0.39 is 11.9 Å². The summed E-state index contributed by atoms with van der Waals surface area (Å²) in [7, 11) is 2.08. The Balaban J connectivity index is 0.000000450. The van der Waals surface area contributed by atoms with Crippen LogP contribution in [0.15, 0.2) is 30.3 Å². The van der Waals surface area contributed by atoms with E-state index in [1.807, 2.05) is 23.1 Å². The van der Waals surface area contributed by atoms with Crippen LogP contribution in [-0.4, -0.2) is 54.5 Å². The van der Waals surface area contributed by atoms with Crippen molar-refractivity contribution in [1.82, 2.24) is 4.90 Å². The molecule has 25 heavy (non-hydrogen) atoms. The number of quaternary nitrogens is 1. The highest BCUT2D eigenvalue weighted by atomic mass is 16.4. The highest BCUT2D eigenvalue weighted by molar-refractivity contribution is 6.26. The van der Waals surface area contributed by atoms with Crippen molar-refractivity contribution in [2.45, 2.75) is 25.7 Å². The van der Waals surface area contributed by atoms with Gasteiger partial charge in [0.15, 0.2) is 5.97 Å². The topological polar surface area (TPSA) is 114 Å². The quantitative estimate of drug-likeness (QED) is 0.627. The Bertz CT molecular complexity index is 589. The Labute approximate surface area is 147 Å². The third-order valence-corrected chi connectivity index (χ3v) is 4.52. The zero-order valence-electron chi connectivity index (χ0n) is 14.9. The van der Waals surface area contributed by atoms with Gasteiger partial charge < -0.3 is 25.2 Å². The molecule has 1 aliphatic carbocycles. The van der Waals surface area contributed by atoms with Crippen LogP contribution in [0.3, 0.4) is 0 Å². The molecule has 0 unspecified atom stereocenters. The molecular formula is C18H26N2O5. The van der Waals surface area contributed by atoms with E-state index in [4.69, 9.17) is 19.8 Å². The molecule has 0 saturated heterocycles. The molecule has 1 aliphatic rings. The number of nitrogens with two attached hydrogens (primary N) is 1. The van der Waals surface area contributed by atoms with Gasteiger partial charge in [-0.1, -0.05) is 30.3 Å². The lowest BCUT2D eigenvalue weighted by atomic mass is 9.91. The maximum absolute atomic E-state index is 12.9. The average Bonchev–Trinajstić information content (AvgIpc) is 3.32. The highest BCUT2D eigenvalue weighted by Gasteiger charge is 2.62. The first-order valence-electron chi connectivity index (χ1n) is 8.42. The van der Waals surface area contributed by atoms with E-state index in [0.29, 0.717) is 11.8 Å². The molecule has 7 nitrogen and oxygen atoms in total. The van der Waals surface area contributed by atoms with Crippen molar-refractivity contribution in [1.29, 1.82) is 0 Å². The first-order chi connectivity index (χ1) is 11.8. The van der Waals surface area contributed by atoms with Gasteiger partial charge in [-0.15, -0.1) is 0 Å². The van der Waals surface area contributed by atoms with E-state index in [2.05, 4.69) is 38.3 Å². The van der Waals surface area contributed by atoms with Crippen LogP contribution in [0.1, 0.15) is 25.8 Å². The Kier molecular flexibility index (Phi) is 7.57. The van der Waals surface area contributed by atoms with E-state index in [1.54, 1.807) is 0 Å². The third kappa shape index (κ3) is 4.79. The molecule has 0 aromatic heterocycles. The van der Waals surface area contributed by atoms with Gasteiger partial charge in [0.1, 0.15) is 0 Å². The number of hydrogen-bond donors (Lipinski definition) is 2. The monoisotopic (exact) mass is 350 g/mol. The highest BCUT2D eigenvalue weighted by Crippen LogP contribution is 2.54. The van der Waals surface area contributed by atoms with E-state index in [9.17, 15) is 4.79 Å². The van der Waals surface area contributed by atoms with Crippen LogP contribution < -0.4 is 10.4 Å². The maximum atomic E-state index is 12.9. The Morgan fingerprint density at radius 3 is 2.16 bits per heavy atom. The van der Waals surface area contributed by atoms with E-state index in [-0.39, 0.29) is 5.41 Å². The van der Waals surface area contributed by atoms with Gasteiger partial charge >= 0.3 is 5.97 Å². The fourth-order valence-electron chi connectivity index (χ4n) is 3.17. The molecule has 1 aromatic carbocycles. The van der Waals surface area contributed by atoms with Crippen LogP contribution in [0.25, 0.3) is 0 Å². The van der Waals surface area contributed by atoms with Crippen molar-refractivity contribution in [2.24, 2.45) is 5.92 Å². The Hall–Kier alpha value is -2.41. The van der Waals surface area contributed by atoms with Gasteiger partial charge in [0, 0.05) is 19.0 Å². The summed E-state index contributed by atoms with van der Waals surface area (Å²) < 4.78 is 0. The number of hydrogen-bond acceptors (Lipinski definition) is 4. The summed E-state index contributed by atoms with van der Waals surface area (Å²) >= 11 is 0. The van der Waals surface area contributed by atoms with E-state index >= 15 is 0 Å². The summed E-state index contributed by atoms with van der Waals surface area (Å²) in [6.07, 6.45) is 0.997. The van der Waals surface area contributed by atoms with Crippen LogP contribution in [0, 0.1) is 5.92 Å². The second kappa shape index (κ2) is 9.17.